The van der Waals surface area contributed by atoms with Crippen molar-refractivity contribution in [3.05, 3.63) is 47.7 Å². The standard InChI is InChI=1S/C19H24N2O5/c1-19(2,3)26-18(24)21-12-16(22)11-15(21)9-10-20-17(23)25-13-14-7-5-4-6-8-14/h4-8,11H,9-10,12-13H2,1-3H3,(H,20,23). The highest BCUT2D eigenvalue weighted by Crippen LogP contribution is 2.20. The summed E-state index contributed by atoms with van der Waals surface area (Å²) >= 11 is 0. The zero-order valence-electron chi connectivity index (χ0n) is 15.3. The van der Waals surface area contributed by atoms with Crippen molar-refractivity contribution in [2.45, 2.75) is 39.4 Å². The topological polar surface area (TPSA) is 84.9 Å². The number of nitrogens with one attached hydrogen (secondary N) is 1. The van der Waals surface area contributed by atoms with Gasteiger partial charge in [-0.25, -0.2) is 9.59 Å². The Labute approximate surface area is 153 Å². The second kappa shape index (κ2) is 8.51. The first-order chi connectivity index (χ1) is 12.2. The van der Waals surface area contributed by atoms with Crippen LogP contribution in [0.1, 0.15) is 32.8 Å². The van der Waals surface area contributed by atoms with E-state index in [4.69, 9.17) is 9.47 Å². The highest BCUT2D eigenvalue weighted by molar-refractivity contribution is 5.97. The molecule has 1 N–H and O–H groups in total. The molecule has 7 nitrogen and oxygen atoms in total. The van der Waals surface area contributed by atoms with Gasteiger partial charge in [0.15, 0.2) is 5.78 Å². The van der Waals surface area contributed by atoms with Gasteiger partial charge in [-0.1, -0.05) is 30.3 Å². The van der Waals surface area contributed by atoms with Gasteiger partial charge in [-0.2, -0.15) is 0 Å². The number of amides is 2. The molecule has 0 spiro atoms. The van der Waals surface area contributed by atoms with E-state index in [1.165, 1.54) is 11.0 Å². The molecule has 1 aliphatic heterocycles. The number of carbonyl (C=O) groups excluding carboxylic acids is 3. The molecule has 0 aromatic heterocycles. The van der Waals surface area contributed by atoms with Crippen LogP contribution in [0.25, 0.3) is 0 Å². The molecule has 1 heterocycles. The van der Waals surface area contributed by atoms with Gasteiger partial charge in [-0.15, -0.1) is 0 Å². The van der Waals surface area contributed by atoms with Crippen LogP contribution < -0.4 is 5.32 Å². The average Bonchev–Trinajstić information content (AvgIpc) is 2.93. The number of ether oxygens (including phenoxy) is 2. The lowest BCUT2D eigenvalue weighted by Crippen LogP contribution is -2.36. The maximum Gasteiger partial charge on any atom is 0.414 e. The maximum absolute atomic E-state index is 12.2. The maximum atomic E-state index is 12.2. The summed E-state index contributed by atoms with van der Waals surface area (Å²) < 4.78 is 10.4. The Bertz CT molecular complexity index is 692. The molecule has 0 fully saturated rings. The SMILES string of the molecule is CC(C)(C)OC(=O)N1CC(=O)C=C1CCNC(=O)OCc1ccccc1. The first-order valence-electron chi connectivity index (χ1n) is 8.43. The van der Waals surface area contributed by atoms with Crippen LogP contribution in [-0.4, -0.2) is 41.6 Å². The number of ketones is 1. The Balaban J connectivity index is 1.78. The number of hydrogen-bond acceptors (Lipinski definition) is 5. The molecule has 0 saturated carbocycles. The summed E-state index contributed by atoms with van der Waals surface area (Å²) in [4.78, 5) is 36.9. The van der Waals surface area contributed by atoms with Crippen molar-refractivity contribution in [1.82, 2.24) is 10.2 Å². The molecular formula is C19H24N2O5. The van der Waals surface area contributed by atoms with Crippen LogP contribution in [0.2, 0.25) is 0 Å². The fourth-order valence-electron chi connectivity index (χ4n) is 2.34. The predicted octanol–water partition coefficient (Wildman–Crippen LogP) is 3.01. The van der Waals surface area contributed by atoms with E-state index in [0.717, 1.165) is 5.56 Å². The summed E-state index contributed by atoms with van der Waals surface area (Å²) in [5, 5.41) is 2.61. The molecule has 0 unspecified atom stereocenters. The van der Waals surface area contributed by atoms with Gasteiger partial charge in [0.05, 0.1) is 6.54 Å². The van der Waals surface area contributed by atoms with Crippen LogP contribution in [0.4, 0.5) is 9.59 Å². The number of benzene rings is 1. The summed E-state index contributed by atoms with van der Waals surface area (Å²) in [5.74, 6) is -0.169. The van der Waals surface area contributed by atoms with Crippen molar-refractivity contribution >= 4 is 18.0 Å². The fourth-order valence-corrected chi connectivity index (χ4v) is 2.34. The summed E-state index contributed by atoms with van der Waals surface area (Å²) in [6.07, 6.45) is 0.607. The van der Waals surface area contributed by atoms with Crippen molar-refractivity contribution in [3.8, 4) is 0 Å². The smallest absolute Gasteiger partial charge is 0.414 e. The molecule has 1 aliphatic rings. The largest absolute Gasteiger partial charge is 0.445 e. The number of nitrogens with zero attached hydrogens (tertiary/aromatic N) is 1. The second-order valence-corrected chi connectivity index (χ2v) is 6.91. The van der Waals surface area contributed by atoms with Crippen molar-refractivity contribution in [3.63, 3.8) is 0 Å². The highest BCUT2D eigenvalue weighted by Gasteiger charge is 2.30. The number of hydrogen-bond donors (Lipinski definition) is 1. The predicted molar refractivity (Wildman–Crippen MR) is 95.3 cm³/mol. The van der Waals surface area contributed by atoms with E-state index >= 15 is 0 Å². The molecule has 2 amide bonds. The van der Waals surface area contributed by atoms with Crippen LogP contribution >= 0.6 is 0 Å². The molecule has 0 atom stereocenters. The van der Waals surface area contributed by atoms with Crippen LogP contribution in [0.3, 0.4) is 0 Å². The van der Waals surface area contributed by atoms with E-state index in [0.29, 0.717) is 12.1 Å². The zero-order chi connectivity index (χ0) is 19.2. The lowest BCUT2D eigenvalue weighted by molar-refractivity contribution is -0.114. The lowest BCUT2D eigenvalue weighted by atomic mass is 10.2. The van der Waals surface area contributed by atoms with Gasteiger partial charge in [0.2, 0.25) is 0 Å². The first-order valence-corrected chi connectivity index (χ1v) is 8.43. The van der Waals surface area contributed by atoms with Crippen LogP contribution in [0, 0.1) is 0 Å². The highest BCUT2D eigenvalue weighted by atomic mass is 16.6. The Hall–Kier alpha value is -2.83. The monoisotopic (exact) mass is 360 g/mol. The van der Waals surface area contributed by atoms with E-state index in [1.807, 2.05) is 30.3 Å². The van der Waals surface area contributed by atoms with Gasteiger partial charge in [-0.05, 0) is 26.3 Å². The Morgan fingerprint density at radius 2 is 1.88 bits per heavy atom. The minimum absolute atomic E-state index is 0.0390. The molecule has 0 saturated heterocycles. The molecular weight excluding hydrogens is 336 g/mol. The first kappa shape index (κ1) is 19.5. The normalized spacial score (nSPS) is 14.0. The molecule has 0 radical (unpaired) electrons. The molecule has 0 aliphatic carbocycles. The van der Waals surface area contributed by atoms with Gasteiger partial charge in [0.1, 0.15) is 12.2 Å². The molecule has 2 rings (SSSR count). The molecule has 26 heavy (non-hydrogen) atoms. The Morgan fingerprint density at radius 1 is 1.19 bits per heavy atom. The number of carbonyl (C=O) groups is 3. The average molecular weight is 360 g/mol. The second-order valence-electron chi connectivity index (χ2n) is 6.91. The van der Waals surface area contributed by atoms with E-state index in [-0.39, 0.29) is 25.5 Å². The van der Waals surface area contributed by atoms with E-state index in [9.17, 15) is 14.4 Å². The number of alkyl carbamates (subject to hydrolysis) is 1. The van der Waals surface area contributed by atoms with E-state index in [1.54, 1.807) is 20.8 Å². The van der Waals surface area contributed by atoms with Crippen molar-refractivity contribution in [2.75, 3.05) is 13.1 Å². The van der Waals surface area contributed by atoms with E-state index < -0.39 is 17.8 Å². The Morgan fingerprint density at radius 3 is 2.54 bits per heavy atom. The Kier molecular flexibility index (Phi) is 6.38. The quantitative estimate of drug-likeness (QED) is 0.872. The van der Waals surface area contributed by atoms with Crippen LogP contribution in [-0.2, 0) is 20.9 Å². The van der Waals surface area contributed by atoms with Gasteiger partial charge >= 0.3 is 12.2 Å². The van der Waals surface area contributed by atoms with E-state index in [2.05, 4.69) is 5.32 Å². The van der Waals surface area contributed by atoms with Crippen molar-refractivity contribution in [2.24, 2.45) is 0 Å². The molecule has 1 aromatic rings. The van der Waals surface area contributed by atoms with Gasteiger partial charge < -0.3 is 14.8 Å². The summed E-state index contributed by atoms with van der Waals surface area (Å²) in [5.41, 5.74) is 0.767. The summed E-state index contributed by atoms with van der Waals surface area (Å²) in [7, 11) is 0. The minimum Gasteiger partial charge on any atom is -0.445 e. The third-order valence-corrected chi connectivity index (χ3v) is 3.47. The molecule has 0 bridgehead atoms. The summed E-state index contributed by atoms with van der Waals surface area (Å²) in [6.45, 7) is 5.66. The zero-order valence-corrected chi connectivity index (χ0v) is 15.3. The fraction of sp³-hybridized carbons (Fsp3) is 0.421. The van der Waals surface area contributed by atoms with Crippen molar-refractivity contribution < 1.29 is 23.9 Å². The lowest BCUT2D eigenvalue weighted by Gasteiger charge is -2.25. The number of rotatable bonds is 5. The minimum atomic E-state index is -0.646. The third-order valence-electron chi connectivity index (χ3n) is 3.47. The molecule has 1 aromatic carbocycles. The van der Waals surface area contributed by atoms with Gasteiger partial charge in [0.25, 0.3) is 0 Å². The van der Waals surface area contributed by atoms with Crippen LogP contribution in [0.5, 0.6) is 0 Å². The van der Waals surface area contributed by atoms with Crippen LogP contribution in [0.15, 0.2) is 42.1 Å². The van der Waals surface area contributed by atoms with Gasteiger partial charge in [0, 0.05) is 24.7 Å². The molecule has 140 valence electrons. The third kappa shape index (κ3) is 6.23. The molecule has 7 heteroatoms. The van der Waals surface area contributed by atoms with Crippen molar-refractivity contribution in [1.29, 1.82) is 0 Å². The summed E-state index contributed by atoms with van der Waals surface area (Å²) in [6, 6.07) is 9.34. The van der Waals surface area contributed by atoms with Gasteiger partial charge in [-0.3, -0.25) is 9.69 Å².